The zero-order valence-electron chi connectivity index (χ0n) is 11.5. The Morgan fingerprint density at radius 2 is 2.05 bits per heavy atom. The van der Waals surface area contributed by atoms with Crippen LogP contribution in [0.5, 0.6) is 0 Å². The molecular formula is C14H16Br2N2O3. The van der Waals surface area contributed by atoms with Crippen LogP contribution >= 0.6 is 31.9 Å². The number of carbonyl (C=O) groups excluding carboxylic acids is 1. The number of hydrogen-bond acceptors (Lipinski definition) is 2. The predicted molar refractivity (Wildman–Crippen MR) is 87.8 cm³/mol. The minimum absolute atomic E-state index is 0.0502. The summed E-state index contributed by atoms with van der Waals surface area (Å²) < 4.78 is 1.17. The molecule has 0 saturated carbocycles. The standard InChI is InChI=1S/C14H16Br2N2O3/c1-8-4-2-3-5-18(8)14(21)17-12-10(13(19)20)6-9(15)7-11(12)16/h6-8H,2-5H2,1H3,(H,17,21)(H,19,20). The molecule has 1 atom stereocenters. The fraction of sp³-hybridized carbons (Fsp3) is 0.429. The zero-order valence-corrected chi connectivity index (χ0v) is 14.7. The van der Waals surface area contributed by atoms with E-state index in [4.69, 9.17) is 0 Å². The maximum Gasteiger partial charge on any atom is 0.337 e. The number of carbonyl (C=O) groups is 2. The molecule has 0 radical (unpaired) electrons. The molecule has 21 heavy (non-hydrogen) atoms. The molecule has 1 saturated heterocycles. The Morgan fingerprint density at radius 1 is 1.33 bits per heavy atom. The van der Waals surface area contributed by atoms with Crippen molar-refractivity contribution >= 4 is 49.5 Å². The van der Waals surface area contributed by atoms with E-state index in [9.17, 15) is 14.7 Å². The highest BCUT2D eigenvalue weighted by atomic mass is 79.9. The first-order valence-corrected chi connectivity index (χ1v) is 8.28. The lowest BCUT2D eigenvalue weighted by Gasteiger charge is -2.33. The highest BCUT2D eigenvalue weighted by Crippen LogP contribution is 2.31. The fourth-order valence-electron chi connectivity index (χ4n) is 2.45. The summed E-state index contributed by atoms with van der Waals surface area (Å²) in [6.07, 6.45) is 3.07. The van der Waals surface area contributed by atoms with Crippen molar-refractivity contribution in [3.05, 3.63) is 26.6 Å². The number of nitrogens with zero attached hydrogens (tertiary/aromatic N) is 1. The summed E-state index contributed by atoms with van der Waals surface area (Å²) in [5.41, 5.74) is 0.336. The minimum atomic E-state index is -1.08. The van der Waals surface area contributed by atoms with E-state index in [1.807, 2.05) is 6.92 Å². The van der Waals surface area contributed by atoms with Gasteiger partial charge in [-0.1, -0.05) is 15.9 Å². The lowest BCUT2D eigenvalue weighted by Crippen LogP contribution is -2.44. The van der Waals surface area contributed by atoms with Crippen LogP contribution in [-0.4, -0.2) is 34.6 Å². The molecule has 1 aromatic rings. The lowest BCUT2D eigenvalue weighted by atomic mass is 10.0. The molecule has 1 aliphatic rings. The molecule has 1 heterocycles. The third-order valence-electron chi connectivity index (χ3n) is 3.58. The summed E-state index contributed by atoms with van der Waals surface area (Å²) in [4.78, 5) is 25.5. The van der Waals surface area contributed by atoms with E-state index >= 15 is 0 Å². The number of carboxylic acids is 1. The monoisotopic (exact) mass is 418 g/mol. The maximum atomic E-state index is 12.4. The van der Waals surface area contributed by atoms with Crippen LogP contribution in [0.3, 0.4) is 0 Å². The van der Waals surface area contributed by atoms with E-state index in [0.29, 0.717) is 15.5 Å². The van der Waals surface area contributed by atoms with Crippen molar-refractivity contribution in [1.82, 2.24) is 4.90 Å². The van der Waals surface area contributed by atoms with Gasteiger partial charge in [0.25, 0.3) is 0 Å². The van der Waals surface area contributed by atoms with E-state index in [2.05, 4.69) is 37.2 Å². The van der Waals surface area contributed by atoms with Gasteiger partial charge in [0.15, 0.2) is 0 Å². The van der Waals surface area contributed by atoms with E-state index in [0.717, 1.165) is 19.3 Å². The highest BCUT2D eigenvalue weighted by molar-refractivity contribution is 9.11. The van der Waals surface area contributed by atoms with Crippen molar-refractivity contribution in [2.75, 3.05) is 11.9 Å². The first-order chi connectivity index (χ1) is 9.90. The number of amides is 2. The molecule has 1 aliphatic heterocycles. The number of rotatable bonds is 2. The van der Waals surface area contributed by atoms with E-state index in [-0.39, 0.29) is 23.3 Å². The molecule has 1 aromatic carbocycles. The number of benzene rings is 1. The van der Waals surface area contributed by atoms with Crippen LogP contribution in [0, 0.1) is 0 Å². The van der Waals surface area contributed by atoms with Gasteiger partial charge in [0.05, 0.1) is 11.3 Å². The van der Waals surface area contributed by atoms with Gasteiger partial charge in [-0.25, -0.2) is 9.59 Å². The molecule has 0 bridgehead atoms. The van der Waals surface area contributed by atoms with Crippen molar-refractivity contribution in [1.29, 1.82) is 0 Å². The van der Waals surface area contributed by atoms with E-state index in [1.54, 1.807) is 11.0 Å². The summed E-state index contributed by atoms with van der Waals surface area (Å²) in [7, 11) is 0. The number of likely N-dealkylation sites (tertiary alicyclic amines) is 1. The lowest BCUT2D eigenvalue weighted by molar-refractivity contribution is 0.0698. The second kappa shape index (κ2) is 6.79. The molecule has 2 amide bonds. The topological polar surface area (TPSA) is 69.6 Å². The van der Waals surface area contributed by atoms with Crippen LogP contribution < -0.4 is 5.32 Å². The van der Waals surface area contributed by atoms with Crippen LogP contribution in [0.15, 0.2) is 21.1 Å². The Bertz CT molecular complexity index is 578. The first-order valence-electron chi connectivity index (χ1n) is 6.70. The molecule has 5 nitrogen and oxygen atoms in total. The van der Waals surface area contributed by atoms with Gasteiger partial charge in [-0.2, -0.15) is 0 Å². The second-order valence-corrected chi connectivity index (χ2v) is 6.85. The molecule has 0 spiro atoms. The fourth-order valence-corrected chi connectivity index (χ4v) is 3.77. The number of piperidine rings is 1. The third-order valence-corrected chi connectivity index (χ3v) is 4.66. The van der Waals surface area contributed by atoms with E-state index < -0.39 is 5.97 Å². The molecule has 0 aromatic heterocycles. The Kier molecular flexibility index (Phi) is 5.27. The Hall–Kier alpha value is -1.08. The normalized spacial score (nSPS) is 18.4. The molecular weight excluding hydrogens is 404 g/mol. The van der Waals surface area contributed by atoms with Gasteiger partial charge in [0, 0.05) is 21.5 Å². The van der Waals surface area contributed by atoms with Gasteiger partial charge in [0.2, 0.25) is 0 Å². The molecule has 2 rings (SSSR count). The predicted octanol–water partition coefficient (Wildman–Crippen LogP) is 4.32. The van der Waals surface area contributed by atoms with Crippen LogP contribution in [-0.2, 0) is 0 Å². The Balaban J connectivity index is 2.26. The van der Waals surface area contributed by atoms with E-state index in [1.165, 1.54) is 6.07 Å². The second-order valence-electron chi connectivity index (χ2n) is 5.08. The maximum absolute atomic E-state index is 12.4. The molecule has 7 heteroatoms. The SMILES string of the molecule is CC1CCCCN1C(=O)Nc1c(Br)cc(Br)cc1C(=O)O. The number of hydrogen-bond donors (Lipinski definition) is 2. The van der Waals surface area contributed by atoms with Gasteiger partial charge in [-0.15, -0.1) is 0 Å². The first kappa shape index (κ1) is 16.3. The van der Waals surface area contributed by atoms with Gasteiger partial charge in [-0.05, 0) is 54.2 Å². The Morgan fingerprint density at radius 3 is 2.67 bits per heavy atom. The number of aromatic carboxylic acids is 1. The molecule has 1 unspecified atom stereocenters. The quantitative estimate of drug-likeness (QED) is 0.749. The van der Waals surface area contributed by atoms with Crippen molar-refractivity contribution in [2.45, 2.75) is 32.2 Å². The van der Waals surface area contributed by atoms with Gasteiger partial charge in [-0.3, -0.25) is 0 Å². The smallest absolute Gasteiger partial charge is 0.337 e. The molecule has 0 aliphatic carbocycles. The number of carboxylic acid groups (broad SMARTS) is 1. The molecule has 114 valence electrons. The summed E-state index contributed by atoms with van der Waals surface area (Å²) in [6.45, 7) is 2.71. The molecule has 2 N–H and O–H groups in total. The van der Waals surface area contributed by atoms with Crippen LogP contribution in [0.1, 0.15) is 36.5 Å². The summed E-state index contributed by atoms with van der Waals surface area (Å²) in [5, 5.41) is 12.0. The number of nitrogens with one attached hydrogen (secondary N) is 1. The summed E-state index contributed by atoms with van der Waals surface area (Å²) >= 11 is 6.56. The average molecular weight is 420 g/mol. The van der Waals surface area contributed by atoms with Crippen molar-refractivity contribution in [2.24, 2.45) is 0 Å². The summed E-state index contributed by atoms with van der Waals surface area (Å²) in [5.74, 6) is -1.08. The minimum Gasteiger partial charge on any atom is -0.478 e. The van der Waals surface area contributed by atoms with Crippen molar-refractivity contribution < 1.29 is 14.7 Å². The molecule has 1 fully saturated rings. The van der Waals surface area contributed by atoms with Crippen LogP contribution in [0.2, 0.25) is 0 Å². The van der Waals surface area contributed by atoms with Gasteiger partial charge in [0.1, 0.15) is 0 Å². The van der Waals surface area contributed by atoms with Crippen LogP contribution in [0.4, 0.5) is 10.5 Å². The number of halogens is 2. The number of urea groups is 1. The van der Waals surface area contributed by atoms with Crippen molar-refractivity contribution in [3.63, 3.8) is 0 Å². The largest absolute Gasteiger partial charge is 0.478 e. The summed E-state index contributed by atoms with van der Waals surface area (Å²) in [6, 6.07) is 3.10. The van der Waals surface area contributed by atoms with Gasteiger partial charge >= 0.3 is 12.0 Å². The third kappa shape index (κ3) is 3.77. The zero-order chi connectivity index (χ0) is 15.6. The Labute approximate surface area is 140 Å². The highest BCUT2D eigenvalue weighted by Gasteiger charge is 2.25. The van der Waals surface area contributed by atoms with Gasteiger partial charge < -0.3 is 15.3 Å². The van der Waals surface area contributed by atoms with Crippen molar-refractivity contribution in [3.8, 4) is 0 Å². The van der Waals surface area contributed by atoms with Crippen LogP contribution in [0.25, 0.3) is 0 Å². The number of anilines is 1. The average Bonchev–Trinajstić information content (AvgIpc) is 2.41.